The zero-order valence-electron chi connectivity index (χ0n) is 16.0. The Morgan fingerprint density at radius 3 is 2.66 bits per heavy atom. The average Bonchev–Trinajstić information content (AvgIpc) is 3.26. The molecule has 0 radical (unpaired) electrons. The van der Waals surface area contributed by atoms with Crippen LogP contribution in [0.4, 0.5) is 4.39 Å². The van der Waals surface area contributed by atoms with Gasteiger partial charge in [-0.1, -0.05) is 11.2 Å². The molecule has 1 saturated heterocycles. The van der Waals surface area contributed by atoms with Crippen LogP contribution in [0.15, 0.2) is 44.6 Å². The SMILES string of the molecule is O=c1ccn([C@@H]2O[C@H](COP(=O)(O)O)[C@H](O)C2O)c(=O)n1Cc1noc2cccc(F)c12. The quantitative estimate of drug-likeness (QED) is 0.324. The molecule has 2 aromatic heterocycles. The van der Waals surface area contributed by atoms with E-state index < -0.39 is 62.6 Å². The number of nitrogens with zero attached hydrogens (tertiary/aromatic N) is 3. The summed E-state index contributed by atoms with van der Waals surface area (Å²) in [5.41, 5.74) is -1.63. The molecule has 0 saturated carbocycles. The Morgan fingerprint density at radius 1 is 1.19 bits per heavy atom. The van der Waals surface area contributed by atoms with Crippen molar-refractivity contribution in [3.8, 4) is 0 Å². The molecule has 1 aliphatic heterocycles. The van der Waals surface area contributed by atoms with Crippen molar-refractivity contribution in [2.24, 2.45) is 0 Å². The Kier molecular flexibility index (Phi) is 5.85. The predicted molar refractivity (Wildman–Crippen MR) is 102 cm³/mol. The van der Waals surface area contributed by atoms with Crippen LogP contribution >= 0.6 is 7.82 Å². The van der Waals surface area contributed by atoms with Gasteiger partial charge in [-0.25, -0.2) is 13.8 Å². The summed E-state index contributed by atoms with van der Waals surface area (Å²) in [4.78, 5) is 42.9. The fourth-order valence-electron chi connectivity index (χ4n) is 3.41. The van der Waals surface area contributed by atoms with E-state index in [2.05, 4.69) is 9.68 Å². The number of rotatable bonds is 6. The van der Waals surface area contributed by atoms with Gasteiger partial charge in [0, 0.05) is 12.3 Å². The van der Waals surface area contributed by atoms with Gasteiger partial charge in [-0.3, -0.25) is 18.5 Å². The molecule has 3 heterocycles. The Labute approximate surface area is 177 Å². The third-order valence-corrected chi connectivity index (χ3v) is 5.43. The van der Waals surface area contributed by atoms with Gasteiger partial charge < -0.3 is 29.3 Å². The van der Waals surface area contributed by atoms with Gasteiger partial charge in [0.15, 0.2) is 11.8 Å². The fraction of sp³-hybridized carbons (Fsp3) is 0.353. The summed E-state index contributed by atoms with van der Waals surface area (Å²) in [6, 6.07) is 5.02. The van der Waals surface area contributed by atoms with Crippen molar-refractivity contribution >= 4 is 18.8 Å². The molecule has 0 aliphatic carbocycles. The molecule has 3 aromatic rings. The van der Waals surface area contributed by atoms with Crippen LogP contribution in [0.25, 0.3) is 11.0 Å². The first-order valence-electron chi connectivity index (χ1n) is 9.13. The second kappa shape index (κ2) is 8.33. The van der Waals surface area contributed by atoms with Gasteiger partial charge in [0.25, 0.3) is 5.56 Å². The lowest BCUT2D eigenvalue weighted by molar-refractivity contribution is -0.0548. The van der Waals surface area contributed by atoms with Crippen LogP contribution in [0.1, 0.15) is 11.9 Å². The Hall–Kier alpha value is -2.71. The van der Waals surface area contributed by atoms with E-state index in [-0.39, 0.29) is 16.7 Å². The van der Waals surface area contributed by atoms with Gasteiger partial charge in [-0.2, -0.15) is 0 Å². The first-order chi connectivity index (χ1) is 15.1. The van der Waals surface area contributed by atoms with E-state index in [1.807, 2.05) is 0 Å². The topological polar surface area (TPSA) is 186 Å². The minimum Gasteiger partial charge on any atom is -0.387 e. The summed E-state index contributed by atoms with van der Waals surface area (Å²) in [5, 5.41) is 24.1. The molecule has 1 unspecified atom stereocenters. The number of phosphoric acid groups is 1. The zero-order chi connectivity index (χ0) is 23.2. The fourth-order valence-corrected chi connectivity index (χ4v) is 3.75. The largest absolute Gasteiger partial charge is 0.469 e. The zero-order valence-corrected chi connectivity index (χ0v) is 16.9. The number of fused-ring (bicyclic) bond motifs is 1. The second-order valence-corrected chi connectivity index (χ2v) is 8.24. The van der Waals surface area contributed by atoms with Crippen molar-refractivity contribution in [1.82, 2.24) is 14.3 Å². The van der Waals surface area contributed by atoms with E-state index in [9.17, 15) is 28.8 Å². The Balaban J connectivity index is 1.66. The van der Waals surface area contributed by atoms with Crippen LogP contribution in [0, 0.1) is 5.82 Å². The number of aliphatic hydroxyl groups is 2. The lowest BCUT2D eigenvalue weighted by Crippen LogP contribution is -2.43. The van der Waals surface area contributed by atoms with Crippen molar-refractivity contribution in [3.05, 3.63) is 62.8 Å². The second-order valence-electron chi connectivity index (χ2n) is 7.00. The molecule has 0 bridgehead atoms. The van der Waals surface area contributed by atoms with E-state index in [0.29, 0.717) is 4.57 Å². The van der Waals surface area contributed by atoms with E-state index in [1.54, 1.807) is 0 Å². The summed E-state index contributed by atoms with van der Waals surface area (Å²) in [5.74, 6) is -0.659. The van der Waals surface area contributed by atoms with Gasteiger partial charge in [-0.05, 0) is 12.1 Å². The molecular weight excluding hydrogens is 456 g/mol. The number of ether oxygens (including phenoxy) is 1. The van der Waals surface area contributed by atoms with Crippen molar-refractivity contribution < 1.29 is 42.7 Å². The minimum absolute atomic E-state index is 0.00331. The number of aromatic nitrogens is 3. The first kappa shape index (κ1) is 22.5. The summed E-state index contributed by atoms with van der Waals surface area (Å²) in [6.45, 7) is -1.22. The highest BCUT2D eigenvalue weighted by molar-refractivity contribution is 7.46. The lowest BCUT2D eigenvalue weighted by atomic mass is 10.1. The lowest BCUT2D eigenvalue weighted by Gasteiger charge is -2.18. The van der Waals surface area contributed by atoms with E-state index in [1.165, 1.54) is 18.2 Å². The van der Waals surface area contributed by atoms with E-state index in [0.717, 1.165) is 16.8 Å². The molecule has 13 nitrogen and oxygen atoms in total. The maximum atomic E-state index is 14.2. The van der Waals surface area contributed by atoms with Gasteiger partial charge >= 0.3 is 13.5 Å². The molecule has 1 fully saturated rings. The van der Waals surface area contributed by atoms with Crippen molar-refractivity contribution in [2.45, 2.75) is 31.1 Å². The molecule has 15 heteroatoms. The van der Waals surface area contributed by atoms with Gasteiger partial charge in [-0.15, -0.1) is 0 Å². The molecule has 0 amide bonds. The molecule has 172 valence electrons. The normalized spacial score (nSPS) is 23.8. The summed E-state index contributed by atoms with van der Waals surface area (Å²) in [6.07, 6.45) is -5.18. The molecule has 32 heavy (non-hydrogen) atoms. The molecule has 4 N–H and O–H groups in total. The summed E-state index contributed by atoms with van der Waals surface area (Å²) < 4.78 is 41.2. The van der Waals surface area contributed by atoms with Crippen molar-refractivity contribution in [2.75, 3.05) is 6.61 Å². The van der Waals surface area contributed by atoms with Crippen molar-refractivity contribution in [3.63, 3.8) is 0 Å². The van der Waals surface area contributed by atoms with Crippen LogP contribution in [0.5, 0.6) is 0 Å². The van der Waals surface area contributed by atoms with Crippen LogP contribution in [0.3, 0.4) is 0 Å². The number of hydrogen-bond donors (Lipinski definition) is 4. The first-order valence-corrected chi connectivity index (χ1v) is 10.7. The third kappa shape index (κ3) is 4.17. The van der Waals surface area contributed by atoms with Gasteiger partial charge in [0.05, 0.1) is 18.5 Å². The molecule has 4 atom stereocenters. The number of halogens is 1. The smallest absolute Gasteiger partial charge is 0.387 e. The monoisotopic (exact) mass is 473 g/mol. The molecule has 1 aromatic carbocycles. The highest BCUT2D eigenvalue weighted by Crippen LogP contribution is 2.38. The Morgan fingerprint density at radius 2 is 1.94 bits per heavy atom. The predicted octanol–water partition coefficient (Wildman–Crippen LogP) is -0.933. The van der Waals surface area contributed by atoms with Crippen LogP contribution in [0.2, 0.25) is 0 Å². The number of aliphatic hydroxyl groups excluding tert-OH is 2. The third-order valence-electron chi connectivity index (χ3n) is 4.94. The maximum Gasteiger partial charge on any atom is 0.469 e. The Bertz CT molecular complexity index is 1310. The summed E-state index contributed by atoms with van der Waals surface area (Å²) >= 11 is 0. The maximum absolute atomic E-state index is 14.2. The van der Waals surface area contributed by atoms with E-state index in [4.69, 9.17) is 19.0 Å². The van der Waals surface area contributed by atoms with Crippen LogP contribution in [-0.2, 0) is 20.4 Å². The van der Waals surface area contributed by atoms with Crippen LogP contribution < -0.4 is 11.2 Å². The minimum atomic E-state index is -4.87. The average molecular weight is 473 g/mol. The molecular formula is C17H17FN3O10P. The number of hydrogen-bond acceptors (Lipinski definition) is 9. The van der Waals surface area contributed by atoms with Gasteiger partial charge in [0.2, 0.25) is 0 Å². The molecule has 1 aliphatic rings. The van der Waals surface area contributed by atoms with E-state index >= 15 is 0 Å². The molecule has 4 rings (SSSR count). The van der Waals surface area contributed by atoms with Crippen LogP contribution in [-0.4, -0.2) is 59.2 Å². The highest BCUT2D eigenvalue weighted by Gasteiger charge is 2.45. The number of phosphoric ester groups is 1. The van der Waals surface area contributed by atoms with Crippen molar-refractivity contribution in [1.29, 1.82) is 0 Å². The van der Waals surface area contributed by atoms with Gasteiger partial charge in [0.1, 0.15) is 29.8 Å². The summed E-state index contributed by atoms with van der Waals surface area (Å²) in [7, 11) is -4.87. The highest BCUT2D eigenvalue weighted by atomic mass is 31.2. The number of benzene rings is 1. The molecule has 0 spiro atoms. The standard InChI is InChI=1S/C17H17FN3O10P/c18-8-2-1-3-10-13(8)9(19-31-10)6-21-12(22)4-5-20(17(21)25)16-15(24)14(23)11(30-16)7-29-32(26,27)28/h1-5,11,14-16,23-24H,6-7H2,(H2,26,27,28)/t11-,14+,15?,16-/m1/s1.